The molecule has 0 spiro atoms. The van der Waals surface area contributed by atoms with Gasteiger partial charge in [-0.05, 0) is 24.7 Å². The molecule has 2 N–H and O–H groups in total. The van der Waals surface area contributed by atoms with Gasteiger partial charge in [0, 0.05) is 8.95 Å². The van der Waals surface area contributed by atoms with Crippen LogP contribution in [0.2, 0.25) is 0 Å². The number of hydrogen-bond donors (Lipinski definition) is 2. The number of nitrogens with one attached hydrogen (secondary N) is 1. The molecule has 1 aromatic rings. The molecule has 4 heteroatoms. The Bertz CT molecular complexity index is 267. The molecule has 0 aliphatic rings. The molecule has 2 nitrogen and oxygen atoms in total. The van der Waals surface area contributed by atoms with Gasteiger partial charge in [-0.15, -0.1) is 0 Å². The minimum Gasteiger partial charge on any atom is -0.394 e. The first-order chi connectivity index (χ1) is 6.20. The largest absolute Gasteiger partial charge is 0.394 e. The standard InChI is InChI=1S/C9H11Br2NO/c1-12-8(5-13)9-6(10)3-2-4-7(9)11/h2-4,8,12-13H,5H2,1H3. The number of aliphatic hydroxyl groups is 1. The van der Waals surface area contributed by atoms with Crippen molar-refractivity contribution in [1.29, 1.82) is 0 Å². The molecule has 0 aliphatic carbocycles. The van der Waals surface area contributed by atoms with Crippen LogP contribution >= 0.6 is 31.9 Å². The van der Waals surface area contributed by atoms with Crippen molar-refractivity contribution < 1.29 is 5.11 Å². The highest BCUT2D eigenvalue weighted by atomic mass is 79.9. The van der Waals surface area contributed by atoms with Crippen molar-refractivity contribution in [3.05, 3.63) is 32.7 Å². The molecule has 1 rings (SSSR count). The lowest BCUT2D eigenvalue weighted by molar-refractivity contribution is 0.250. The lowest BCUT2D eigenvalue weighted by Gasteiger charge is -2.16. The summed E-state index contributed by atoms with van der Waals surface area (Å²) < 4.78 is 1.99. The molecule has 0 aromatic heterocycles. The summed E-state index contributed by atoms with van der Waals surface area (Å²) in [6.07, 6.45) is 0. The average molecular weight is 309 g/mol. The number of aliphatic hydroxyl groups excluding tert-OH is 1. The predicted octanol–water partition coefficient (Wildman–Crippen LogP) is 2.46. The van der Waals surface area contributed by atoms with E-state index in [1.807, 2.05) is 25.2 Å². The number of halogens is 2. The Balaban J connectivity index is 3.10. The first-order valence-electron chi connectivity index (χ1n) is 3.92. The van der Waals surface area contributed by atoms with Crippen molar-refractivity contribution in [3.63, 3.8) is 0 Å². The lowest BCUT2D eigenvalue weighted by Crippen LogP contribution is -2.20. The minimum absolute atomic E-state index is 0.0371. The van der Waals surface area contributed by atoms with Gasteiger partial charge in [-0.25, -0.2) is 0 Å². The van der Waals surface area contributed by atoms with Gasteiger partial charge in [0.2, 0.25) is 0 Å². The highest BCUT2D eigenvalue weighted by Gasteiger charge is 2.14. The average Bonchev–Trinajstić information content (AvgIpc) is 2.11. The van der Waals surface area contributed by atoms with Crippen molar-refractivity contribution in [3.8, 4) is 0 Å². The molecule has 13 heavy (non-hydrogen) atoms. The second-order valence-electron chi connectivity index (χ2n) is 2.66. The summed E-state index contributed by atoms with van der Waals surface area (Å²) in [5.41, 5.74) is 1.05. The topological polar surface area (TPSA) is 32.3 Å². The third-order valence-electron chi connectivity index (χ3n) is 1.88. The second-order valence-corrected chi connectivity index (χ2v) is 4.37. The fourth-order valence-electron chi connectivity index (χ4n) is 1.17. The first-order valence-corrected chi connectivity index (χ1v) is 5.51. The monoisotopic (exact) mass is 307 g/mol. The van der Waals surface area contributed by atoms with E-state index >= 15 is 0 Å². The van der Waals surface area contributed by atoms with Gasteiger partial charge in [-0.2, -0.15) is 0 Å². The van der Waals surface area contributed by atoms with E-state index < -0.39 is 0 Å². The highest BCUT2D eigenvalue weighted by molar-refractivity contribution is 9.11. The van der Waals surface area contributed by atoms with Gasteiger partial charge >= 0.3 is 0 Å². The summed E-state index contributed by atoms with van der Waals surface area (Å²) >= 11 is 6.90. The van der Waals surface area contributed by atoms with Crippen LogP contribution in [0, 0.1) is 0 Å². The van der Waals surface area contributed by atoms with Crippen LogP contribution in [-0.2, 0) is 0 Å². The Morgan fingerprint density at radius 3 is 2.31 bits per heavy atom. The van der Waals surface area contributed by atoms with Crippen molar-refractivity contribution in [2.45, 2.75) is 6.04 Å². The molecule has 0 bridgehead atoms. The zero-order valence-corrected chi connectivity index (χ0v) is 10.4. The number of hydrogen-bond acceptors (Lipinski definition) is 2. The van der Waals surface area contributed by atoms with Crippen molar-refractivity contribution in [2.24, 2.45) is 0 Å². The van der Waals surface area contributed by atoms with Gasteiger partial charge in [0.25, 0.3) is 0 Å². The van der Waals surface area contributed by atoms with Crippen LogP contribution in [0.1, 0.15) is 11.6 Å². The fraction of sp³-hybridized carbons (Fsp3) is 0.333. The van der Waals surface area contributed by atoms with Gasteiger partial charge in [0.05, 0.1) is 12.6 Å². The maximum absolute atomic E-state index is 9.12. The van der Waals surface area contributed by atoms with Crippen LogP contribution in [0.25, 0.3) is 0 Å². The van der Waals surface area contributed by atoms with Gasteiger partial charge < -0.3 is 10.4 Å². The summed E-state index contributed by atoms with van der Waals surface area (Å²) in [6.45, 7) is 0.0811. The van der Waals surface area contributed by atoms with E-state index in [-0.39, 0.29) is 12.6 Å². The summed E-state index contributed by atoms with van der Waals surface area (Å²) in [7, 11) is 1.83. The third kappa shape index (κ3) is 2.53. The Labute approximate surface area is 94.6 Å². The van der Waals surface area contributed by atoms with E-state index in [4.69, 9.17) is 5.11 Å². The third-order valence-corrected chi connectivity index (χ3v) is 3.26. The van der Waals surface area contributed by atoms with E-state index in [2.05, 4.69) is 37.2 Å². The maximum atomic E-state index is 9.12. The molecule has 1 aromatic carbocycles. The van der Waals surface area contributed by atoms with Crippen LogP contribution in [0.15, 0.2) is 27.1 Å². The SMILES string of the molecule is CNC(CO)c1c(Br)cccc1Br. The van der Waals surface area contributed by atoms with E-state index in [1.165, 1.54) is 0 Å². The molecule has 0 aliphatic heterocycles. The van der Waals surface area contributed by atoms with E-state index in [1.54, 1.807) is 0 Å². The molecule has 0 radical (unpaired) electrons. The Hall–Kier alpha value is 0.1000. The lowest BCUT2D eigenvalue weighted by atomic mass is 10.1. The number of benzene rings is 1. The summed E-state index contributed by atoms with van der Waals surface area (Å²) in [5.74, 6) is 0. The quantitative estimate of drug-likeness (QED) is 0.899. The smallest absolute Gasteiger partial charge is 0.0627 e. The van der Waals surface area contributed by atoms with Crippen LogP contribution in [0.3, 0.4) is 0 Å². The van der Waals surface area contributed by atoms with Crippen molar-refractivity contribution >= 4 is 31.9 Å². The normalized spacial score (nSPS) is 12.9. The summed E-state index contributed by atoms with van der Waals surface area (Å²) in [5, 5.41) is 12.2. The Morgan fingerprint density at radius 2 is 1.92 bits per heavy atom. The predicted molar refractivity (Wildman–Crippen MR) is 60.7 cm³/mol. The molecule has 0 fully saturated rings. The Morgan fingerprint density at radius 1 is 1.38 bits per heavy atom. The van der Waals surface area contributed by atoms with Gasteiger partial charge in [0.1, 0.15) is 0 Å². The Kier molecular flexibility index (Phi) is 4.38. The second kappa shape index (κ2) is 5.10. The number of rotatable bonds is 3. The molecule has 0 saturated carbocycles. The molecule has 0 heterocycles. The highest BCUT2D eigenvalue weighted by Crippen LogP contribution is 2.30. The molecule has 1 atom stereocenters. The number of likely N-dealkylation sites (N-methyl/N-ethyl adjacent to an activating group) is 1. The maximum Gasteiger partial charge on any atom is 0.0627 e. The van der Waals surface area contributed by atoms with Crippen molar-refractivity contribution in [1.82, 2.24) is 5.32 Å². The van der Waals surface area contributed by atoms with Gasteiger partial charge in [0.15, 0.2) is 0 Å². The van der Waals surface area contributed by atoms with E-state index in [0.717, 1.165) is 14.5 Å². The minimum atomic E-state index is -0.0371. The summed E-state index contributed by atoms with van der Waals surface area (Å²) in [6, 6.07) is 5.83. The summed E-state index contributed by atoms with van der Waals surface area (Å²) in [4.78, 5) is 0. The molecule has 0 saturated heterocycles. The zero-order chi connectivity index (χ0) is 9.84. The molecule has 0 amide bonds. The molecule has 1 unspecified atom stereocenters. The fourth-order valence-corrected chi connectivity index (χ4v) is 2.72. The van der Waals surface area contributed by atoms with Gasteiger partial charge in [-0.3, -0.25) is 0 Å². The van der Waals surface area contributed by atoms with Crippen LogP contribution in [0.5, 0.6) is 0 Å². The van der Waals surface area contributed by atoms with Crippen LogP contribution in [0.4, 0.5) is 0 Å². The van der Waals surface area contributed by atoms with Crippen LogP contribution in [-0.4, -0.2) is 18.8 Å². The molecular weight excluding hydrogens is 298 g/mol. The van der Waals surface area contributed by atoms with Crippen LogP contribution < -0.4 is 5.32 Å². The van der Waals surface area contributed by atoms with E-state index in [9.17, 15) is 0 Å². The van der Waals surface area contributed by atoms with Gasteiger partial charge in [-0.1, -0.05) is 37.9 Å². The van der Waals surface area contributed by atoms with Crippen molar-refractivity contribution in [2.75, 3.05) is 13.7 Å². The zero-order valence-electron chi connectivity index (χ0n) is 7.22. The molecule has 72 valence electrons. The first kappa shape index (κ1) is 11.2. The molecular formula is C9H11Br2NO. The van der Waals surface area contributed by atoms with E-state index in [0.29, 0.717) is 0 Å².